The van der Waals surface area contributed by atoms with Crippen molar-refractivity contribution in [1.29, 1.82) is 0 Å². The van der Waals surface area contributed by atoms with Crippen molar-refractivity contribution in [3.8, 4) is 0 Å². The molecule has 0 saturated heterocycles. The third-order valence-electron chi connectivity index (χ3n) is 3.72. The fourth-order valence-electron chi connectivity index (χ4n) is 2.00. The van der Waals surface area contributed by atoms with Crippen LogP contribution in [-0.2, 0) is 9.68 Å². The zero-order chi connectivity index (χ0) is 11.9. The van der Waals surface area contributed by atoms with Gasteiger partial charge in [0.25, 0.3) is 0 Å². The summed E-state index contributed by atoms with van der Waals surface area (Å²) in [7, 11) is 0. The third-order valence-corrected chi connectivity index (χ3v) is 3.72. The molecule has 0 aromatic heterocycles. The van der Waals surface area contributed by atoms with E-state index in [1.165, 1.54) is 0 Å². The highest BCUT2D eigenvalue weighted by atomic mass is 16.6. The molecule has 0 aliphatic carbocycles. The van der Waals surface area contributed by atoms with Crippen molar-refractivity contribution >= 4 is 0 Å². The van der Waals surface area contributed by atoms with Crippen LogP contribution in [0.2, 0.25) is 0 Å². The molecule has 92 valence electrons. The molecule has 15 heavy (non-hydrogen) atoms. The van der Waals surface area contributed by atoms with Crippen molar-refractivity contribution in [3.63, 3.8) is 0 Å². The lowest BCUT2D eigenvalue weighted by Crippen LogP contribution is -2.46. The van der Waals surface area contributed by atoms with Gasteiger partial charge >= 0.3 is 0 Å². The van der Waals surface area contributed by atoms with E-state index in [1.807, 2.05) is 0 Å². The summed E-state index contributed by atoms with van der Waals surface area (Å²) in [6.45, 7) is 8.29. The van der Waals surface area contributed by atoms with Crippen molar-refractivity contribution in [3.05, 3.63) is 0 Å². The highest BCUT2D eigenvalue weighted by Crippen LogP contribution is 2.34. The van der Waals surface area contributed by atoms with Crippen LogP contribution in [0.4, 0.5) is 0 Å². The van der Waals surface area contributed by atoms with E-state index < -0.39 is 0 Å². The maximum Gasteiger partial charge on any atom is 0.0916 e. The van der Waals surface area contributed by atoms with Crippen LogP contribution in [0, 0.1) is 0 Å². The van der Waals surface area contributed by atoms with Gasteiger partial charge in [-0.15, -0.1) is 0 Å². The number of rotatable bonds is 8. The van der Waals surface area contributed by atoms with E-state index in [9.17, 15) is 0 Å². The highest BCUT2D eigenvalue weighted by Gasteiger charge is 2.38. The maximum absolute atomic E-state index is 5.40. The molecule has 4 N–H and O–H groups in total. The summed E-state index contributed by atoms with van der Waals surface area (Å²) < 4.78 is 0. The monoisotopic (exact) mass is 218 g/mol. The zero-order valence-electron chi connectivity index (χ0n) is 10.5. The zero-order valence-corrected chi connectivity index (χ0v) is 10.5. The topological polar surface area (TPSA) is 70.5 Å². The van der Waals surface area contributed by atoms with Gasteiger partial charge in [-0.3, -0.25) is 9.68 Å². The van der Waals surface area contributed by atoms with Crippen molar-refractivity contribution in [2.45, 2.75) is 71.0 Å². The molecule has 0 bridgehead atoms. The van der Waals surface area contributed by atoms with Gasteiger partial charge in [0.1, 0.15) is 0 Å². The van der Waals surface area contributed by atoms with E-state index in [-0.39, 0.29) is 11.2 Å². The number of nitrogens with two attached hydrogens (primary N) is 2. The minimum Gasteiger partial charge on any atom is -0.298 e. The summed E-state index contributed by atoms with van der Waals surface area (Å²) in [6.07, 6.45) is 4.21. The van der Waals surface area contributed by atoms with Crippen LogP contribution < -0.4 is 11.8 Å². The van der Waals surface area contributed by atoms with Crippen LogP contribution in [0.3, 0.4) is 0 Å². The molecule has 0 heterocycles. The SMILES string of the molecule is CCC(CC)(CC(CC)(CC)ON)ON. The van der Waals surface area contributed by atoms with Crippen molar-refractivity contribution in [2.75, 3.05) is 0 Å². The first-order valence-corrected chi connectivity index (χ1v) is 5.83. The molecule has 0 aliphatic heterocycles. The first-order valence-electron chi connectivity index (χ1n) is 5.83. The first-order chi connectivity index (χ1) is 7.07. The maximum atomic E-state index is 5.40. The lowest BCUT2D eigenvalue weighted by atomic mass is 9.80. The molecular formula is C11H26N2O2. The molecule has 4 heteroatoms. The van der Waals surface area contributed by atoms with Gasteiger partial charge in [0, 0.05) is 6.42 Å². The fourth-order valence-corrected chi connectivity index (χ4v) is 2.00. The van der Waals surface area contributed by atoms with Crippen LogP contribution in [0.1, 0.15) is 59.8 Å². The number of hydrogen-bond acceptors (Lipinski definition) is 4. The second-order valence-electron chi connectivity index (χ2n) is 4.19. The lowest BCUT2D eigenvalue weighted by Gasteiger charge is -2.39. The van der Waals surface area contributed by atoms with Gasteiger partial charge in [0.05, 0.1) is 11.2 Å². The average molecular weight is 218 g/mol. The molecule has 0 aromatic carbocycles. The van der Waals surface area contributed by atoms with Crippen LogP contribution in [-0.4, -0.2) is 11.2 Å². The van der Waals surface area contributed by atoms with Crippen molar-refractivity contribution < 1.29 is 9.68 Å². The summed E-state index contributed by atoms with van der Waals surface area (Å²) >= 11 is 0. The van der Waals surface area contributed by atoms with Gasteiger partial charge in [-0.25, -0.2) is 11.8 Å². The molecule has 0 rings (SSSR count). The Morgan fingerprint density at radius 1 is 0.733 bits per heavy atom. The van der Waals surface area contributed by atoms with Gasteiger partial charge in [-0.05, 0) is 25.7 Å². The molecule has 0 saturated carbocycles. The molecule has 0 fully saturated rings. The van der Waals surface area contributed by atoms with Crippen LogP contribution in [0.25, 0.3) is 0 Å². The first kappa shape index (κ1) is 14.8. The Balaban J connectivity index is 4.74. The Morgan fingerprint density at radius 2 is 1.00 bits per heavy atom. The van der Waals surface area contributed by atoms with Gasteiger partial charge in [0.2, 0.25) is 0 Å². The van der Waals surface area contributed by atoms with E-state index in [0.29, 0.717) is 0 Å². The minimum absolute atomic E-state index is 0.314. The average Bonchev–Trinajstić information content (AvgIpc) is 2.33. The Hall–Kier alpha value is -0.160. The Labute approximate surface area is 93.2 Å². The standard InChI is InChI=1S/C11H26N2O2/c1-5-10(6-2,14-12)9-11(7-3,8-4)15-13/h5-9,12-13H2,1-4H3. The molecule has 0 aliphatic rings. The Bertz CT molecular complexity index is 131. The largest absolute Gasteiger partial charge is 0.298 e. The van der Waals surface area contributed by atoms with Gasteiger partial charge in [0.15, 0.2) is 0 Å². The normalized spacial score (nSPS) is 13.2. The number of hydrogen-bond donors (Lipinski definition) is 2. The molecule has 0 atom stereocenters. The smallest absolute Gasteiger partial charge is 0.0916 e. The van der Waals surface area contributed by atoms with Crippen LogP contribution in [0.5, 0.6) is 0 Å². The Morgan fingerprint density at radius 3 is 1.13 bits per heavy atom. The van der Waals surface area contributed by atoms with E-state index in [2.05, 4.69) is 27.7 Å². The molecule has 4 nitrogen and oxygen atoms in total. The second kappa shape index (κ2) is 6.43. The summed E-state index contributed by atoms with van der Waals surface area (Å²) in [4.78, 5) is 10.3. The summed E-state index contributed by atoms with van der Waals surface area (Å²) in [6, 6.07) is 0. The van der Waals surface area contributed by atoms with E-state index in [0.717, 1.165) is 32.1 Å². The van der Waals surface area contributed by atoms with E-state index >= 15 is 0 Å². The van der Waals surface area contributed by atoms with Gasteiger partial charge in [-0.1, -0.05) is 27.7 Å². The highest BCUT2D eigenvalue weighted by molar-refractivity contribution is 4.89. The van der Waals surface area contributed by atoms with E-state index in [4.69, 9.17) is 21.5 Å². The second-order valence-corrected chi connectivity index (χ2v) is 4.19. The summed E-state index contributed by atoms with van der Waals surface area (Å²) in [5.41, 5.74) is -0.628. The van der Waals surface area contributed by atoms with Gasteiger partial charge in [-0.2, -0.15) is 0 Å². The summed E-state index contributed by atoms with van der Waals surface area (Å²) in [5.74, 6) is 10.8. The fraction of sp³-hybridized carbons (Fsp3) is 1.00. The minimum atomic E-state index is -0.314. The Kier molecular flexibility index (Phi) is 6.36. The van der Waals surface area contributed by atoms with E-state index in [1.54, 1.807) is 0 Å². The molecule has 0 amide bonds. The predicted molar refractivity (Wildman–Crippen MR) is 61.8 cm³/mol. The van der Waals surface area contributed by atoms with Crippen molar-refractivity contribution in [2.24, 2.45) is 11.8 Å². The predicted octanol–water partition coefficient (Wildman–Crippen LogP) is 2.27. The van der Waals surface area contributed by atoms with Crippen LogP contribution >= 0.6 is 0 Å². The molecular weight excluding hydrogens is 192 g/mol. The third kappa shape index (κ3) is 3.41. The summed E-state index contributed by atoms with van der Waals surface area (Å²) in [5, 5.41) is 0. The lowest BCUT2D eigenvalue weighted by molar-refractivity contribution is -0.140. The molecule has 0 radical (unpaired) electrons. The molecule has 0 unspecified atom stereocenters. The quantitative estimate of drug-likeness (QED) is 0.613. The van der Waals surface area contributed by atoms with Crippen molar-refractivity contribution in [1.82, 2.24) is 0 Å². The molecule has 0 aromatic rings. The molecule has 0 spiro atoms. The van der Waals surface area contributed by atoms with Crippen LogP contribution in [0.15, 0.2) is 0 Å². The van der Waals surface area contributed by atoms with Gasteiger partial charge < -0.3 is 0 Å².